The van der Waals surface area contributed by atoms with Crippen LogP contribution in [0.15, 0.2) is 54.6 Å². The third-order valence-corrected chi connectivity index (χ3v) is 5.24. The van der Waals surface area contributed by atoms with Gasteiger partial charge in [0.25, 0.3) is 5.91 Å². The molecule has 2 aromatic rings. The van der Waals surface area contributed by atoms with Crippen LogP contribution in [0.25, 0.3) is 6.08 Å². The van der Waals surface area contributed by atoms with Crippen LogP contribution in [0.2, 0.25) is 0 Å². The molecule has 5 nitrogen and oxygen atoms in total. The minimum absolute atomic E-state index is 0.124. The van der Waals surface area contributed by atoms with Gasteiger partial charge in [0.05, 0.1) is 0 Å². The molecule has 1 aliphatic heterocycles. The molecule has 152 valence electrons. The first-order chi connectivity index (χ1) is 14.2. The second kappa shape index (κ2) is 10.6. The highest BCUT2D eigenvalue weighted by Gasteiger charge is 2.12. The molecule has 2 amide bonds. The normalized spacial score (nSPS) is 14.7. The zero-order valence-corrected chi connectivity index (χ0v) is 17.0. The van der Waals surface area contributed by atoms with E-state index < -0.39 is 0 Å². The molecule has 29 heavy (non-hydrogen) atoms. The average molecular weight is 392 g/mol. The van der Waals surface area contributed by atoms with Gasteiger partial charge in [-0.15, -0.1) is 0 Å². The first-order valence-corrected chi connectivity index (χ1v) is 10.2. The minimum atomic E-state index is -0.131. The number of amides is 2. The molecule has 2 N–H and O–H groups in total. The Labute approximate surface area is 172 Å². The van der Waals surface area contributed by atoms with E-state index in [1.165, 1.54) is 30.9 Å². The highest BCUT2D eigenvalue weighted by molar-refractivity contribution is 5.94. The van der Waals surface area contributed by atoms with Gasteiger partial charge in [0.15, 0.2) is 0 Å². The van der Waals surface area contributed by atoms with E-state index >= 15 is 0 Å². The molecule has 0 unspecified atom stereocenters. The number of carbonyl (C=O) groups is 2. The van der Waals surface area contributed by atoms with E-state index in [1.807, 2.05) is 18.2 Å². The smallest absolute Gasteiger partial charge is 0.251 e. The maximum atomic E-state index is 12.2. The Kier molecular flexibility index (Phi) is 7.59. The molecule has 0 radical (unpaired) electrons. The summed E-state index contributed by atoms with van der Waals surface area (Å²) in [5.41, 5.74) is 3.91. The molecule has 1 saturated heterocycles. The lowest BCUT2D eigenvalue weighted by molar-refractivity contribution is -0.116. The van der Waals surface area contributed by atoms with Gasteiger partial charge in [0, 0.05) is 31.8 Å². The van der Waals surface area contributed by atoms with Crippen LogP contribution < -0.4 is 10.6 Å². The fourth-order valence-electron chi connectivity index (χ4n) is 3.55. The monoisotopic (exact) mass is 391 g/mol. The molecule has 1 aliphatic rings. The number of carbonyl (C=O) groups excluding carboxylic acids is 2. The van der Waals surface area contributed by atoms with Gasteiger partial charge in [-0.25, -0.2) is 0 Å². The van der Waals surface area contributed by atoms with E-state index in [0.29, 0.717) is 12.1 Å². The van der Waals surface area contributed by atoms with Crippen LogP contribution in [0.4, 0.5) is 0 Å². The Hall–Kier alpha value is -2.92. The molecule has 2 aromatic carbocycles. The van der Waals surface area contributed by atoms with Crippen LogP contribution in [0.5, 0.6) is 0 Å². The first kappa shape index (κ1) is 20.8. The van der Waals surface area contributed by atoms with Crippen LogP contribution in [-0.4, -0.2) is 36.9 Å². The Morgan fingerprint density at radius 3 is 2.34 bits per heavy atom. The molecule has 0 atom stereocenters. The summed E-state index contributed by atoms with van der Waals surface area (Å²) in [6, 6.07) is 15.4. The molecule has 1 heterocycles. The van der Waals surface area contributed by atoms with Crippen LogP contribution >= 0.6 is 0 Å². The van der Waals surface area contributed by atoms with Gasteiger partial charge >= 0.3 is 0 Å². The van der Waals surface area contributed by atoms with Crippen molar-refractivity contribution in [1.82, 2.24) is 15.5 Å². The van der Waals surface area contributed by atoms with Gasteiger partial charge in [-0.3, -0.25) is 14.5 Å². The third kappa shape index (κ3) is 6.29. The summed E-state index contributed by atoms with van der Waals surface area (Å²) in [5, 5.41) is 5.57. The molecule has 0 aromatic heterocycles. The minimum Gasteiger partial charge on any atom is -0.355 e. The molecule has 3 rings (SSSR count). The molecule has 0 saturated carbocycles. The van der Waals surface area contributed by atoms with Gasteiger partial charge < -0.3 is 10.6 Å². The highest BCUT2D eigenvalue weighted by atomic mass is 16.2. The quantitative estimate of drug-likeness (QED) is 0.712. The number of benzene rings is 2. The number of nitrogens with one attached hydrogen (secondary N) is 2. The number of nitrogens with zero attached hydrogens (tertiary/aromatic N) is 1. The maximum Gasteiger partial charge on any atom is 0.251 e. The molecule has 0 aliphatic carbocycles. The molecule has 5 heteroatoms. The van der Waals surface area contributed by atoms with Gasteiger partial charge in [-0.1, -0.05) is 42.8 Å². The summed E-state index contributed by atoms with van der Waals surface area (Å²) < 4.78 is 0. The fraction of sp³-hybridized carbons (Fsp3) is 0.333. The largest absolute Gasteiger partial charge is 0.355 e. The van der Waals surface area contributed by atoms with E-state index in [9.17, 15) is 9.59 Å². The lowest BCUT2D eigenvalue weighted by Crippen LogP contribution is -2.30. The predicted octanol–water partition coefficient (Wildman–Crippen LogP) is 3.36. The van der Waals surface area contributed by atoms with Crippen molar-refractivity contribution in [2.75, 3.05) is 20.1 Å². The van der Waals surface area contributed by atoms with Crippen molar-refractivity contribution in [1.29, 1.82) is 0 Å². The van der Waals surface area contributed by atoms with Crippen LogP contribution in [-0.2, 0) is 17.9 Å². The molecule has 0 bridgehead atoms. The van der Waals surface area contributed by atoms with E-state index in [-0.39, 0.29) is 11.8 Å². The molecular weight excluding hydrogens is 362 g/mol. The van der Waals surface area contributed by atoms with Crippen LogP contribution in [0, 0.1) is 0 Å². The number of hydrogen-bond donors (Lipinski definition) is 2. The number of rotatable bonds is 7. The Bertz CT molecular complexity index is 853. The van der Waals surface area contributed by atoms with Crippen molar-refractivity contribution in [3.63, 3.8) is 0 Å². The molecule has 1 fully saturated rings. The summed E-state index contributed by atoms with van der Waals surface area (Å²) in [7, 11) is 1.60. The van der Waals surface area contributed by atoms with Gasteiger partial charge in [0.1, 0.15) is 0 Å². The second-order valence-electron chi connectivity index (χ2n) is 7.36. The Balaban J connectivity index is 1.54. The summed E-state index contributed by atoms with van der Waals surface area (Å²) in [4.78, 5) is 26.3. The second-order valence-corrected chi connectivity index (χ2v) is 7.36. The molecular formula is C24H29N3O2. The van der Waals surface area contributed by atoms with Crippen molar-refractivity contribution in [2.24, 2.45) is 0 Å². The van der Waals surface area contributed by atoms with Crippen molar-refractivity contribution in [3.05, 3.63) is 76.9 Å². The summed E-state index contributed by atoms with van der Waals surface area (Å²) in [5.74, 6) is -0.255. The average Bonchev–Trinajstić information content (AvgIpc) is 2.77. The number of piperidine rings is 1. The van der Waals surface area contributed by atoms with Crippen molar-refractivity contribution in [2.45, 2.75) is 32.4 Å². The summed E-state index contributed by atoms with van der Waals surface area (Å²) in [6.07, 6.45) is 7.15. The van der Waals surface area contributed by atoms with Crippen molar-refractivity contribution < 1.29 is 9.59 Å². The van der Waals surface area contributed by atoms with E-state index in [0.717, 1.165) is 30.8 Å². The van der Waals surface area contributed by atoms with Gasteiger partial charge in [0.2, 0.25) is 5.91 Å². The first-order valence-electron chi connectivity index (χ1n) is 10.2. The molecule has 0 spiro atoms. The van der Waals surface area contributed by atoms with E-state index in [4.69, 9.17) is 0 Å². The fourth-order valence-corrected chi connectivity index (χ4v) is 3.55. The van der Waals surface area contributed by atoms with Gasteiger partial charge in [-0.2, -0.15) is 0 Å². The number of hydrogen-bond acceptors (Lipinski definition) is 3. The summed E-state index contributed by atoms with van der Waals surface area (Å²) >= 11 is 0. The Morgan fingerprint density at radius 2 is 1.66 bits per heavy atom. The lowest BCUT2D eigenvalue weighted by atomic mass is 10.0. The Morgan fingerprint density at radius 1 is 0.966 bits per heavy atom. The van der Waals surface area contributed by atoms with Crippen molar-refractivity contribution in [3.8, 4) is 0 Å². The maximum absolute atomic E-state index is 12.2. The van der Waals surface area contributed by atoms with Crippen molar-refractivity contribution >= 4 is 17.9 Å². The lowest BCUT2D eigenvalue weighted by Gasteiger charge is -2.27. The highest BCUT2D eigenvalue weighted by Crippen LogP contribution is 2.16. The van der Waals surface area contributed by atoms with Crippen LogP contribution in [0.3, 0.4) is 0 Å². The van der Waals surface area contributed by atoms with E-state index in [2.05, 4.69) is 33.7 Å². The zero-order chi connectivity index (χ0) is 20.5. The predicted molar refractivity (Wildman–Crippen MR) is 116 cm³/mol. The third-order valence-electron chi connectivity index (χ3n) is 5.24. The van der Waals surface area contributed by atoms with Gasteiger partial charge in [-0.05, 0) is 60.8 Å². The standard InChI is InChI=1S/C24H29N3O2/c1-25-24(29)20-12-9-19(10-13-20)11-14-23(28)26-17-21-7-3-4-8-22(21)18-27-15-5-2-6-16-27/h3-4,7-14H,2,5-6,15-18H2,1H3,(H,25,29)(H,26,28)/b14-11+. The van der Waals surface area contributed by atoms with Crippen LogP contribution in [0.1, 0.15) is 46.3 Å². The zero-order valence-electron chi connectivity index (χ0n) is 17.0. The van der Waals surface area contributed by atoms with E-state index in [1.54, 1.807) is 25.3 Å². The SMILES string of the molecule is CNC(=O)c1ccc(/C=C/C(=O)NCc2ccccc2CN2CCCCC2)cc1. The topological polar surface area (TPSA) is 61.4 Å². The number of likely N-dealkylation sites (tertiary alicyclic amines) is 1. The summed E-state index contributed by atoms with van der Waals surface area (Å²) in [6.45, 7) is 3.77.